The SMILES string of the molecule is CN=C(NCc1cc(C(C)C)no1)NCC1(c2ccc(F)cc2)CCC1.I. The van der Waals surface area contributed by atoms with Crippen LogP contribution < -0.4 is 10.6 Å². The number of rotatable bonds is 6. The molecular weight excluding hydrogens is 458 g/mol. The average Bonchev–Trinajstić information content (AvgIpc) is 3.07. The molecule has 2 N–H and O–H groups in total. The zero-order valence-electron chi connectivity index (χ0n) is 16.1. The molecule has 1 saturated carbocycles. The highest BCUT2D eigenvalue weighted by atomic mass is 127. The van der Waals surface area contributed by atoms with E-state index in [9.17, 15) is 4.39 Å². The Morgan fingerprint density at radius 1 is 1.26 bits per heavy atom. The van der Waals surface area contributed by atoms with Crippen molar-refractivity contribution in [3.63, 3.8) is 0 Å². The first-order chi connectivity index (χ1) is 12.5. The summed E-state index contributed by atoms with van der Waals surface area (Å²) in [4.78, 5) is 4.29. The molecule has 1 aromatic heterocycles. The van der Waals surface area contributed by atoms with Gasteiger partial charge in [-0.15, -0.1) is 24.0 Å². The van der Waals surface area contributed by atoms with Gasteiger partial charge in [0.2, 0.25) is 0 Å². The topological polar surface area (TPSA) is 62.5 Å². The summed E-state index contributed by atoms with van der Waals surface area (Å²) in [6, 6.07) is 8.84. The normalized spacial score (nSPS) is 15.8. The molecule has 0 unspecified atom stereocenters. The van der Waals surface area contributed by atoms with Crippen molar-refractivity contribution in [2.24, 2.45) is 4.99 Å². The van der Waals surface area contributed by atoms with Gasteiger partial charge in [0.15, 0.2) is 11.7 Å². The van der Waals surface area contributed by atoms with Gasteiger partial charge in [-0.1, -0.05) is 37.6 Å². The standard InChI is InChI=1S/C20H27FN4O.HI/c1-14(2)18-11-17(26-25-18)12-23-19(22-3)24-13-20(9-4-10-20)15-5-7-16(21)8-6-15;/h5-8,11,14H,4,9-10,12-13H2,1-3H3,(H2,22,23,24);1H. The van der Waals surface area contributed by atoms with Crippen LogP contribution in [0.25, 0.3) is 0 Å². The fourth-order valence-corrected chi connectivity index (χ4v) is 3.30. The molecular formula is C20H28FIN4O. The average molecular weight is 486 g/mol. The fraction of sp³-hybridized carbons (Fsp3) is 0.500. The molecule has 0 saturated heterocycles. The van der Waals surface area contributed by atoms with Crippen molar-refractivity contribution < 1.29 is 8.91 Å². The number of guanidine groups is 1. The van der Waals surface area contributed by atoms with Crippen molar-refractivity contribution in [2.75, 3.05) is 13.6 Å². The van der Waals surface area contributed by atoms with E-state index in [1.54, 1.807) is 19.2 Å². The number of nitrogens with zero attached hydrogens (tertiary/aromatic N) is 2. The van der Waals surface area contributed by atoms with E-state index in [2.05, 4.69) is 34.6 Å². The minimum Gasteiger partial charge on any atom is -0.359 e. The Hall–Kier alpha value is -1.64. The molecule has 0 radical (unpaired) electrons. The van der Waals surface area contributed by atoms with E-state index in [4.69, 9.17) is 4.52 Å². The number of aliphatic imine (C=N–C) groups is 1. The van der Waals surface area contributed by atoms with Crippen LogP contribution in [0.1, 0.15) is 56.0 Å². The summed E-state index contributed by atoms with van der Waals surface area (Å²) >= 11 is 0. The van der Waals surface area contributed by atoms with Crippen LogP contribution in [-0.2, 0) is 12.0 Å². The lowest BCUT2D eigenvalue weighted by Gasteiger charge is -2.43. The smallest absolute Gasteiger partial charge is 0.191 e. The number of benzene rings is 1. The minimum absolute atomic E-state index is 0. The highest BCUT2D eigenvalue weighted by molar-refractivity contribution is 14.0. The lowest BCUT2D eigenvalue weighted by atomic mass is 9.64. The Kier molecular flexibility index (Phi) is 7.64. The van der Waals surface area contributed by atoms with Crippen molar-refractivity contribution in [3.05, 3.63) is 53.2 Å². The van der Waals surface area contributed by atoms with Gasteiger partial charge < -0.3 is 15.2 Å². The van der Waals surface area contributed by atoms with Crippen LogP contribution >= 0.6 is 24.0 Å². The number of aromatic nitrogens is 1. The predicted molar refractivity (Wildman–Crippen MR) is 116 cm³/mol. The first-order valence-corrected chi connectivity index (χ1v) is 9.18. The lowest BCUT2D eigenvalue weighted by molar-refractivity contribution is 0.243. The molecule has 0 amide bonds. The van der Waals surface area contributed by atoms with Crippen LogP contribution in [0, 0.1) is 5.82 Å². The number of nitrogens with one attached hydrogen (secondary N) is 2. The Balaban J connectivity index is 0.00000261. The second-order valence-electron chi connectivity index (χ2n) is 7.29. The van der Waals surface area contributed by atoms with Crippen molar-refractivity contribution >= 4 is 29.9 Å². The van der Waals surface area contributed by atoms with Crippen molar-refractivity contribution in [3.8, 4) is 0 Å². The molecule has 1 heterocycles. The maximum atomic E-state index is 13.2. The molecule has 27 heavy (non-hydrogen) atoms. The summed E-state index contributed by atoms with van der Waals surface area (Å²) in [5.41, 5.74) is 2.20. The first kappa shape index (κ1) is 21.7. The van der Waals surface area contributed by atoms with E-state index in [1.165, 1.54) is 12.0 Å². The van der Waals surface area contributed by atoms with Crippen molar-refractivity contribution in [1.82, 2.24) is 15.8 Å². The highest BCUT2D eigenvalue weighted by Crippen LogP contribution is 2.43. The van der Waals surface area contributed by atoms with E-state index in [1.807, 2.05) is 18.2 Å². The van der Waals surface area contributed by atoms with Crippen molar-refractivity contribution in [1.29, 1.82) is 0 Å². The molecule has 0 atom stereocenters. The third-order valence-corrected chi connectivity index (χ3v) is 5.18. The molecule has 0 bridgehead atoms. The molecule has 2 aromatic rings. The molecule has 5 nitrogen and oxygen atoms in total. The van der Waals surface area contributed by atoms with E-state index in [0.717, 1.165) is 36.8 Å². The number of hydrogen-bond acceptors (Lipinski definition) is 3. The number of hydrogen-bond donors (Lipinski definition) is 2. The second kappa shape index (κ2) is 9.52. The Labute approximate surface area is 177 Å². The van der Waals surface area contributed by atoms with Gasteiger partial charge in [0.25, 0.3) is 0 Å². The van der Waals surface area contributed by atoms with Gasteiger partial charge in [-0.2, -0.15) is 0 Å². The van der Waals surface area contributed by atoms with Crippen LogP contribution in [0.2, 0.25) is 0 Å². The minimum atomic E-state index is -0.193. The highest BCUT2D eigenvalue weighted by Gasteiger charge is 2.38. The van der Waals surface area contributed by atoms with Gasteiger partial charge in [0.1, 0.15) is 5.82 Å². The molecule has 1 aliphatic rings. The van der Waals surface area contributed by atoms with Gasteiger partial charge in [-0.05, 0) is 36.5 Å². The van der Waals surface area contributed by atoms with Gasteiger partial charge in [-0.3, -0.25) is 4.99 Å². The molecule has 1 aromatic carbocycles. The Morgan fingerprint density at radius 2 is 1.96 bits per heavy atom. The molecule has 0 spiro atoms. The van der Waals surface area contributed by atoms with Gasteiger partial charge in [-0.25, -0.2) is 4.39 Å². The number of halogens is 2. The molecule has 148 valence electrons. The van der Waals surface area contributed by atoms with E-state index >= 15 is 0 Å². The predicted octanol–water partition coefficient (Wildman–Crippen LogP) is 4.34. The van der Waals surface area contributed by atoms with Crippen LogP contribution in [-0.4, -0.2) is 24.7 Å². The first-order valence-electron chi connectivity index (χ1n) is 9.18. The fourth-order valence-electron chi connectivity index (χ4n) is 3.30. The third kappa shape index (κ3) is 5.21. The Bertz CT molecular complexity index is 754. The lowest BCUT2D eigenvalue weighted by Crippen LogP contribution is -2.48. The summed E-state index contributed by atoms with van der Waals surface area (Å²) in [5, 5.41) is 10.7. The summed E-state index contributed by atoms with van der Waals surface area (Å²) in [5.74, 6) is 1.66. The summed E-state index contributed by atoms with van der Waals surface area (Å²) in [6.45, 7) is 5.47. The van der Waals surface area contributed by atoms with E-state index < -0.39 is 0 Å². The molecule has 0 aliphatic heterocycles. The van der Waals surface area contributed by atoms with E-state index in [0.29, 0.717) is 12.5 Å². The zero-order chi connectivity index (χ0) is 18.6. The summed E-state index contributed by atoms with van der Waals surface area (Å²) in [6.07, 6.45) is 3.39. The molecule has 1 fully saturated rings. The van der Waals surface area contributed by atoms with E-state index in [-0.39, 0.29) is 35.2 Å². The van der Waals surface area contributed by atoms with Crippen molar-refractivity contribution in [2.45, 2.75) is 51.0 Å². The zero-order valence-corrected chi connectivity index (χ0v) is 18.4. The second-order valence-corrected chi connectivity index (χ2v) is 7.29. The maximum Gasteiger partial charge on any atom is 0.191 e. The summed E-state index contributed by atoms with van der Waals surface area (Å²) in [7, 11) is 1.75. The monoisotopic (exact) mass is 486 g/mol. The largest absolute Gasteiger partial charge is 0.359 e. The molecule has 1 aliphatic carbocycles. The van der Waals surface area contributed by atoms with Gasteiger partial charge in [0.05, 0.1) is 12.2 Å². The van der Waals surface area contributed by atoms with Crippen LogP contribution in [0.5, 0.6) is 0 Å². The third-order valence-electron chi connectivity index (χ3n) is 5.18. The summed E-state index contributed by atoms with van der Waals surface area (Å²) < 4.78 is 18.6. The Morgan fingerprint density at radius 3 is 2.48 bits per heavy atom. The van der Waals surface area contributed by atoms with Crippen LogP contribution in [0.3, 0.4) is 0 Å². The maximum absolute atomic E-state index is 13.2. The molecule has 3 rings (SSSR count). The molecule has 7 heteroatoms. The quantitative estimate of drug-likeness (QED) is 0.362. The van der Waals surface area contributed by atoms with Gasteiger partial charge >= 0.3 is 0 Å². The van der Waals surface area contributed by atoms with Gasteiger partial charge in [0, 0.05) is 25.1 Å². The van der Waals surface area contributed by atoms with Crippen LogP contribution in [0.4, 0.5) is 4.39 Å². The van der Waals surface area contributed by atoms with Crippen LogP contribution in [0.15, 0.2) is 39.8 Å².